The Morgan fingerprint density at radius 3 is 2.84 bits per heavy atom. The number of rotatable bonds is 5. The Morgan fingerprint density at radius 1 is 1.32 bits per heavy atom. The molecule has 6 nitrogen and oxygen atoms in total. The topological polar surface area (TPSA) is 90.9 Å². The van der Waals surface area contributed by atoms with Crippen molar-refractivity contribution < 1.29 is 18.3 Å². The molecule has 0 amide bonds. The number of nitrogens with one attached hydrogen (secondary N) is 2. The molecule has 1 unspecified atom stereocenters. The van der Waals surface area contributed by atoms with E-state index in [1.165, 1.54) is 12.1 Å². The normalized spacial score (nSPS) is 16.6. The van der Waals surface area contributed by atoms with Gasteiger partial charge in [0.05, 0.1) is 17.1 Å². The number of aryl methyl sites for hydroxylation is 1. The Hall–Kier alpha value is -3.20. The minimum absolute atomic E-state index is 0.0682. The monoisotopic (exact) mass is 430 g/mol. The molecule has 0 saturated heterocycles. The van der Waals surface area contributed by atoms with Crippen molar-refractivity contribution in [1.82, 2.24) is 15.0 Å². The number of aliphatic hydroxyl groups excluding tert-OH is 1. The summed E-state index contributed by atoms with van der Waals surface area (Å²) in [6, 6.07) is 5.53. The maximum absolute atomic E-state index is 14.4. The highest BCUT2D eigenvalue weighted by atomic mass is 19.3. The van der Waals surface area contributed by atoms with Crippen LogP contribution in [-0.4, -0.2) is 26.2 Å². The summed E-state index contributed by atoms with van der Waals surface area (Å²) in [5, 5.41) is 13.2. The molecule has 0 radical (unpaired) electrons. The Bertz CT molecular complexity index is 1220. The molecule has 2 aromatic heterocycles. The number of halogens is 3. The van der Waals surface area contributed by atoms with Crippen LogP contribution in [0.3, 0.4) is 0 Å². The lowest BCUT2D eigenvalue weighted by Crippen LogP contribution is -2.17. The van der Waals surface area contributed by atoms with Gasteiger partial charge in [-0.25, -0.2) is 23.1 Å². The van der Waals surface area contributed by atoms with Gasteiger partial charge in [-0.2, -0.15) is 0 Å². The van der Waals surface area contributed by atoms with Crippen molar-refractivity contribution in [2.75, 3.05) is 5.32 Å². The van der Waals surface area contributed by atoms with E-state index in [4.69, 9.17) is 0 Å². The minimum atomic E-state index is -2.91. The van der Waals surface area contributed by atoms with Gasteiger partial charge in [0.1, 0.15) is 23.1 Å². The van der Waals surface area contributed by atoms with E-state index in [1.54, 1.807) is 13.0 Å². The molecule has 0 bridgehead atoms. The quantitative estimate of drug-likeness (QED) is 0.563. The van der Waals surface area contributed by atoms with E-state index < -0.39 is 23.9 Å². The van der Waals surface area contributed by atoms with Gasteiger partial charge in [0.15, 0.2) is 0 Å². The van der Waals surface area contributed by atoms with Crippen LogP contribution in [0.1, 0.15) is 48.2 Å². The molecular weight excluding hydrogens is 409 g/mol. The fraction of sp³-hybridized carbons (Fsp3) is 0.318. The van der Waals surface area contributed by atoms with E-state index in [0.29, 0.717) is 47.5 Å². The van der Waals surface area contributed by atoms with Gasteiger partial charge >= 0.3 is 0 Å². The molecule has 1 atom stereocenters. The summed E-state index contributed by atoms with van der Waals surface area (Å²) < 4.78 is 40.3. The third kappa shape index (κ3) is 4.32. The first-order chi connectivity index (χ1) is 14.8. The number of aromatic amines is 1. The predicted molar refractivity (Wildman–Crippen MR) is 111 cm³/mol. The van der Waals surface area contributed by atoms with E-state index >= 15 is 0 Å². The molecule has 1 aliphatic carbocycles. The Balaban J connectivity index is 1.72. The number of aliphatic hydroxyl groups is 1. The highest BCUT2D eigenvalue weighted by Gasteiger charge is 2.19. The second kappa shape index (κ2) is 8.50. The number of fused-ring (bicyclic) bond motifs is 1. The molecule has 0 spiro atoms. The van der Waals surface area contributed by atoms with Crippen LogP contribution in [0.25, 0.3) is 16.6 Å². The molecule has 3 N–H and O–H groups in total. The Kier molecular flexibility index (Phi) is 5.77. The molecule has 0 fully saturated rings. The summed E-state index contributed by atoms with van der Waals surface area (Å²) in [6.07, 6.45) is 0.137. The number of nitrogens with zero attached hydrogens (tertiary/aromatic N) is 2. The number of anilines is 1. The highest BCUT2D eigenvalue weighted by molar-refractivity contribution is 5.89. The van der Waals surface area contributed by atoms with Crippen LogP contribution in [0.2, 0.25) is 0 Å². The van der Waals surface area contributed by atoms with Gasteiger partial charge in [0.2, 0.25) is 0 Å². The average Bonchev–Trinajstić information content (AvgIpc) is 2.72. The largest absolute Gasteiger partial charge is 0.393 e. The number of benzene rings is 1. The SMILES string of the molecule is Cc1nc(NCc2cccc(C(F)F)c2F)c2cc(C3=CCC(O)CC3)c(=O)[nH]c2n1. The lowest BCUT2D eigenvalue weighted by molar-refractivity contribution is 0.146. The zero-order valence-electron chi connectivity index (χ0n) is 16.8. The molecule has 162 valence electrons. The van der Waals surface area contributed by atoms with Gasteiger partial charge < -0.3 is 15.4 Å². The van der Waals surface area contributed by atoms with Crippen molar-refractivity contribution in [3.63, 3.8) is 0 Å². The van der Waals surface area contributed by atoms with Gasteiger partial charge in [-0.15, -0.1) is 0 Å². The van der Waals surface area contributed by atoms with Crippen LogP contribution in [0.15, 0.2) is 35.1 Å². The third-order valence-corrected chi connectivity index (χ3v) is 5.34. The smallest absolute Gasteiger partial charge is 0.266 e. The van der Waals surface area contributed by atoms with Crippen molar-refractivity contribution in [3.8, 4) is 0 Å². The van der Waals surface area contributed by atoms with Gasteiger partial charge in [0.25, 0.3) is 12.0 Å². The predicted octanol–water partition coefficient (Wildman–Crippen LogP) is 4.24. The third-order valence-electron chi connectivity index (χ3n) is 5.34. The fourth-order valence-electron chi connectivity index (χ4n) is 3.72. The number of H-pyrrole nitrogens is 1. The van der Waals surface area contributed by atoms with Crippen LogP contribution in [0.4, 0.5) is 19.0 Å². The Morgan fingerprint density at radius 2 is 2.13 bits per heavy atom. The average molecular weight is 430 g/mol. The zero-order chi connectivity index (χ0) is 22.1. The lowest BCUT2D eigenvalue weighted by Gasteiger charge is -2.18. The van der Waals surface area contributed by atoms with E-state index in [0.717, 1.165) is 11.6 Å². The number of alkyl halides is 2. The van der Waals surface area contributed by atoms with Gasteiger partial charge in [-0.1, -0.05) is 24.3 Å². The summed E-state index contributed by atoms with van der Waals surface area (Å²) in [6.45, 7) is 1.58. The molecule has 9 heteroatoms. The number of hydrogen-bond donors (Lipinski definition) is 3. The van der Waals surface area contributed by atoms with Crippen LogP contribution >= 0.6 is 0 Å². The number of allylic oxidation sites excluding steroid dienone is 1. The highest BCUT2D eigenvalue weighted by Crippen LogP contribution is 2.29. The molecular formula is C22H21F3N4O2. The summed E-state index contributed by atoms with van der Waals surface area (Å²) in [5.41, 5.74) is 0.741. The second-order valence-electron chi connectivity index (χ2n) is 7.53. The molecule has 4 rings (SSSR count). The first kappa shape index (κ1) is 21.0. The summed E-state index contributed by atoms with van der Waals surface area (Å²) in [5.74, 6) is -0.210. The first-order valence-corrected chi connectivity index (χ1v) is 9.92. The van der Waals surface area contributed by atoms with Crippen molar-refractivity contribution in [2.24, 2.45) is 0 Å². The lowest BCUT2D eigenvalue weighted by atomic mass is 9.92. The van der Waals surface area contributed by atoms with E-state index in [9.17, 15) is 23.1 Å². The van der Waals surface area contributed by atoms with Crippen molar-refractivity contribution >= 4 is 22.4 Å². The van der Waals surface area contributed by atoms with Gasteiger partial charge in [-0.3, -0.25) is 4.79 Å². The van der Waals surface area contributed by atoms with E-state index in [2.05, 4.69) is 20.3 Å². The Labute approximate surface area is 175 Å². The van der Waals surface area contributed by atoms with Crippen molar-refractivity contribution in [3.05, 3.63) is 69.0 Å². The van der Waals surface area contributed by atoms with Crippen LogP contribution in [0, 0.1) is 12.7 Å². The molecule has 0 saturated carbocycles. The molecule has 31 heavy (non-hydrogen) atoms. The van der Waals surface area contributed by atoms with E-state index in [1.807, 2.05) is 6.08 Å². The molecule has 3 aromatic rings. The maximum Gasteiger partial charge on any atom is 0.266 e. The number of pyridine rings is 1. The van der Waals surface area contributed by atoms with E-state index in [-0.39, 0.29) is 17.7 Å². The fourth-order valence-corrected chi connectivity index (χ4v) is 3.72. The summed E-state index contributed by atoms with van der Waals surface area (Å²) >= 11 is 0. The van der Waals surface area contributed by atoms with Crippen molar-refractivity contribution in [1.29, 1.82) is 0 Å². The molecule has 2 heterocycles. The number of aromatic nitrogens is 3. The molecule has 1 aliphatic rings. The van der Waals surface area contributed by atoms with Crippen LogP contribution in [-0.2, 0) is 6.54 Å². The molecule has 1 aromatic carbocycles. The minimum Gasteiger partial charge on any atom is -0.393 e. The first-order valence-electron chi connectivity index (χ1n) is 9.92. The van der Waals surface area contributed by atoms with Crippen molar-refractivity contribution in [2.45, 2.75) is 45.3 Å². The maximum atomic E-state index is 14.4. The van der Waals surface area contributed by atoms with Gasteiger partial charge in [-0.05, 0) is 37.8 Å². The standard InChI is InChI=1S/C22H21F3N4O2/c1-11-27-20(26-10-13-3-2-4-15(18(13)23)19(24)25)17-9-16(22(31)29-21(17)28-11)12-5-7-14(30)8-6-12/h2-5,9,14,19,30H,6-8,10H2,1H3,(H2,26,27,28,29,31). The van der Waals surface area contributed by atoms with Crippen LogP contribution in [0.5, 0.6) is 0 Å². The summed E-state index contributed by atoms with van der Waals surface area (Å²) in [4.78, 5) is 24.0. The second-order valence-corrected chi connectivity index (χ2v) is 7.53. The van der Waals surface area contributed by atoms with Gasteiger partial charge in [0, 0.05) is 17.7 Å². The molecule has 0 aliphatic heterocycles. The van der Waals surface area contributed by atoms with Crippen LogP contribution < -0.4 is 10.9 Å². The summed E-state index contributed by atoms with van der Waals surface area (Å²) in [7, 11) is 0. The zero-order valence-corrected chi connectivity index (χ0v) is 16.8. The number of hydrogen-bond acceptors (Lipinski definition) is 5.